The molecule has 0 aliphatic carbocycles. The Bertz CT molecular complexity index is 468. The molecule has 1 aromatic carbocycles. The largest absolute Gasteiger partial charge is 0.296 e. The number of hydrogen-bond acceptors (Lipinski definition) is 3. The van der Waals surface area contributed by atoms with E-state index in [-0.39, 0.29) is 11.5 Å². The number of benzene rings is 1. The Morgan fingerprint density at radius 1 is 1.21 bits per heavy atom. The normalized spacial score (nSPS) is 13.4. The third-order valence-corrected chi connectivity index (χ3v) is 4.58. The van der Waals surface area contributed by atoms with Gasteiger partial charge in [-0.25, -0.2) is 0 Å². The second kappa shape index (κ2) is 7.88. The second-order valence-corrected chi connectivity index (χ2v) is 6.81. The zero-order chi connectivity index (χ0) is 14.3. The standard InChI is InChI=1S/C14H21ClO3S/c1-12(4-3-10-15)9-11-18-19(16,17)14-7-5-13(2)6-8-14/h5-8,12H,3-4,9-11H2,1-2H3. The molecule has 0 heterocycles. The summed E-state index contributed by atoms with van der Waals surface area (Å²) in [5.41, 5.74) is 1.02. The van der Waals surface area contributed by atoms with E-state index in [1.807, 2.05) is 6.92 Å². The first-order valence-electron chi connectivity index (χ1n) is 6.48. The second-order valence-electron chi connectivity index (χ2n) is 4.81. The first kappa shape index (κ1) is 16.5. The number of hydrogen-bond donors (Lipinski definition) is 0. The lowest BCUT2D eigenvalue weighted by atomic mass is 10.0. The molecule has 0 fully saturated rings. The molecule has 0 amide bonds. The highest BCUT2D eigenvalue weighted by Gasteiger charge is 2.15. The molecule has 1 atom stereocenters. The fraction of sp³-hybridized carbons (Fsp3) is 0.571. The molecule has 3 nitrogen and oxygen atoms in total. The highest BCUT2D eigenvalue weighted by atomic mass is 35.5. The number of halogens is 1. The van der Waals surface area contributed by atoms with Gasteiger partial charge in [0.1, 0.15) is 0 Å². The Morgan fingerprint density at radius 3 is 2.42 bits per heavy atom. The summed E-state index contributed by atoms with van der Waals surface area (Å²) in [6.07, 6.45) is 2.67. The van der Waals surface area contributed by atoms with Crippen LogP contribution in [-0.4, -0.2) is 20.9 Å². The summed E-state index contributed by atoms with van der Waals surface area (Å²) in [4.78, 5) is 0.214. The molecule has 108 valence electrons. The highest BCUT2D eigenvalue weighted by molar-refractivity contribution is 7.86. The highest BCUT2D eigenvalue weighted by Crippen LogP contribution is 2.16. The van der Waals surface area contributed by atoms with E-state index in [1.54, 1.807) is 24.3 Å². The van der Waals surface area contributed by atoms with E-state index in [4.69, 9.17) is 15.8 Å². The van der Waals surface area contributed by atoms with Crippen LogP contribution in [0.4, 0.5) is 0 Å². The Kier molecular flexibility index (Phi) is 6.83. The molecular weight excluding hydrogens is 284 g/mol. The van der Waals surface area contributed by atoms with Gasteiger partial charge in [-0.05, 0) is 44.2 Å². The third kappa shape index (κ3) is 5.93. The molecule has 5 heteroatoms. The van der Waals surface area contributed by atoms with Crippen molar-refractivity contribution in [3.05, 3.63) is 29.8 Å². The Morgan fingerprint density at radius 2 is 1.84 bits per heavy atom. The smallest absolute Gasteiger partial charge is 0.266 e. The minimum atomic E-state index is -3.62. The minimum Gasteiger partial charge on any atom is -0.266 e. The van der Waals surface area contributed by atoms with Crippen LogP contribution in [-0.2, 0) is 14.3 Å². The van der Waals surface area contributed by atoms with Crippen molar-refractivity contribution in [3.8, 4) is 0 Å². The number of aryl methyl sites for hydroxylation is 1. The van der Waals surface area contributed by atoms with Gasteiger partial charge in [-0.15, -0.1) is 11.6 Å². The molecule has 1 unspecified atom stereocenters. The van der Waals surface area contributed by atoms with Crippen LogP contribution < -0.4 is 0 Å². The van der Waals surface area contributed by atoms with Crippen molar-refractivity contribution in [1.82, 2.24) is 0 Å². The van der Waals surface area contributed by atoms with E-state index in [9.17, 15) is 8.42 Å². The zero-order valence-corrected chi connectivity index (χ0v) is 13.0. The molecule has 0 aliphatic heterocycles. The number of rotatable bonds is 8. The molecule has 0 bridgehead atoms. The molecule has 0 saturated carbocycles. The van der Waals surface area contributed by atoms with E-state index in [2.05, 4.69) is 6.92 Å². The maximum Gasteiger partial charge on any atom is 0.296 e. The molecule has 0 aromatic heterocycles. The van der Waals surface area contributed by atoms with Crippen molar-refractivity contribution < 1.29 is 12.6 Å². The van der Waals surface area contributed by atoms with Gasteiger partial charge in [0, 0.05) is 5.88 Å². The van der Waals surface area contributed by atoms with E-state index in [0.717, 1.165) is 24.8 Å². The topological polar surface area (TPSA) is 43.4 Å². The molecule has 19 heavy (non-hydrogen) atoms. The van der Waals surface area contributed by atoms with Crippen LogP contribution in [0.2, 0.25) is 0 Å². The van der Waals surface area contributed by atoms with Gasteiger partial charge >= 0.3 is 0 Å². The van der Waals surface area contributed by atoms with Crippen LogP contribution in [0.1, 0.15) is 31.7 Å². The molecule has 0 saturated heterocycles. The van der Waals surface area contributed by atoms with Gasteiger partial charge in [0.05, 0.1) is 11.5 Å². The summed E-state index contributed by atoms with van der Waals surface area (Å²) in [7, 11) is -3.62. The molecule has 0 N–H and O–H groups in total. The van der Waals surface area contributed by atoms with Crippen molar-refractivity contribution in [2.45, 2.75) is 38.0 Å². The lowest BCUT2D eigenvalue weighted by Gasteiger charge is -2.10. The van der Waals surface area contributed by atoms with E-state index in [1.165, 1.54) is 0 Å². The van der Waals surface area contributed by atoms with Crippen LogP contribution in [0.15, 0.2) is 29.2 Å². The van der Waals surface area contributed by atoms with Crippen molar-refractivity contribution in [2.24, 2.45) is 5.92 Å². The van der Waals surface area contributed by atoms with Crippen molar-refractivity contribution in [2.75, 3.05) is 12.5 Å². The first-order valence-corrected chi connectivity index (χ1v) is 8.42. The predicted octanol–water partition coefficient (Wildman–Crippen LogP) is 3.75. The molecule has 1 aromatic rings. The molecule has 0 spiro atoms. The van der Waals surface area contributed by atoms with Gasteiger partial charge in [-0.1, -0.05) is 24.6 Å². The maximum absolute atomic E-state index is 11.9. The molecule has 0 radical (unpaired) electrons. The quantitative estimate of drug-likeness (QED) is 0.543. The maximum atomic E-state index is 11.9. The van der Waals surface area contributed by atoms with Crippen LogP contribution in [0.25, 0.3) is 0 Å². The number of alkyl halides is 1. The van der Waals surface area contributed by atoms with Crippen LogP contribution >= 0.6 is 11.6 Å². The van der Waals surface area contributed by atoms with Gasteiger partial charge in [-0.2, -0.15) is 8.42 Å². The fourth-order valence-corrected chi connectivity index (χ4v) is 2.78. The molecular formula is C14H21ClO3S. The molecule has 0 aliphatic rings. The van der Waals surface area contributed by atoms with Crippen LogP contribution in [0.3, 0.4) is 0 Å². The van der Waals surface area contributed by atoms with E-state index < -0.39 is 10.1 Å². The van der Waals surface area contributed by atoms with Gasteiger partial charge in [0.15, 0.2) is 0 Å². The van der Waals surface area contributed by atoms with Crippen molar-refractivity contribution in [1.29, 1.82) is 0 Å². The van der Waals surface area contributed by atoms with Crippen LogP contribution in [0.5, 0.6) is 0 Å². The van der Waals surface area contributed by atoms with Gasteiger partial charge < -0.3 is 0 Å². The van der Waals surface area contributed by atoms with Crippen molar-refractivity contribution >= 4 is 21.7 Å². The Balaban J connectivity index is 2.45. The van der Waals surface area contributed by atoms with E-state index >= 15 is 0 Å². The molecule has 1 rings (SSSR count). The van der Waals surface area contributed by atoms with Crippen molar-refractivity contribution in [3.63, 3.8) is 0 Å². The lowest BCUT2D eigenvalue weighted by molar-refractivity contribution is 0.282. The van der Waals surface area contributed by atoms with Crippen LogP contribution in [0, 0.1) is 12.8 Å². The average molecular weight is 305 g/mol. The summed E-state index contributed by atoms with van der Waals surface area (Å²) in [5.74, 6) is 1.07. The summed E-state index contributed by atoms with van der Waals surface area (Å²) >= 11 is 5.62. The summed E-state index contributed by atoms with van der Waals surface area (Å²) in [6, 6.07) is 6.67. The monoisotopic (exact) mass is 304 g/mol. The average Bonchev–Trinajstić information content (AvgIpc) is 2.36. The summed E-state index contributed by atoms with van der Waals surface area (Å²) in [6.45, 7) is 4.21. The SMILES string of the molecule is Cc1ccc(S(=O)(=O)OCCC(C)CCCCl)cc1. The predicted molar refractivity (Wildman–Crippen MR) is 78.1 cm³/mol. The summed E-state index contributed by atoms with van der Waals surface area (Å²) in [5, 5.41) is 0. The Hall–Kier alpha value is -0.580. The first-order chi connectivity index (χ1) is 8.95. The third-order valence-electron chi connectivity index (χ3n) is 2.99. The van der Waals surface area contributed by atoms with Gasteiger partial charge in [0.2, 0.25) is 0 Å². The van der Waals surface area contributed by atoms with E-state index in [0.29, 0.717) is 11.8 Å². The van der Waals surface area contributed by atoms with Gasteiger partial charge in [0.25, 0.3) is 10.1 Å². The lowest BCUT2D eigenvalue weighted by Crippen LogP contribution is -2.10. The minimum absolute atomic E-state index is 0.214. The summed E-state index contributed by atoms with van der Waals surface area (Å²) < 4.78 is 28.8. The Labute approximate surface area is 121 Å². The zero-order valence-electron chi connectivity index (χ0n) is 11.4. The fourth-order valence-electron chi connectivity index (χ4n) is 1.70. The van der Waals surface area contributed by atoms with Gasteiger partial charge in [-0.3, -0.25) is 4.18 Å².